The zero-order valence-electron chi connectivity index (χ0n) is 21.1. The van der Waals surface area contributed by atoms with E-state index in [1.807, 2.05) is 52.3 Å². The Balaban J connectivity index is 1.36. The molecular weight excluding hydrogens is 454 g/mol. The van der Waals surface area contributed by atoms with Crippen LogP contribution in [-0.4, -0.2) is 40.6 Å². The predicted octanol–water partition coefficient (Wildman–Crippen LogP) is 4.16. The van der Waals surface area contributed by atoms with Crippen molar-refractivity contribution in [2.24, 2.45) is 7.05 Å². The Hall–Kier alpha value is -4.08. The van der Waals surface area contributed by atoms with Gasteiger partial charge in [0.25, 0.3) is 5.91 Å². The number of anilines is 2. The standard InChI is InChI=1S/C26H31N9O/c1-26(2,3)35-16-23(32-33-35)25(36)31-21-8-6-5-7-17-11-22(28-14-20(17)21)18-9-10-27-24(12-18)30-19-13-29-34(4)15-19/h9-16,21H,5-8H2,1-4H3,(H,27,30)(H,31,36)/t21-/m1/s1. The molecule has 1 aliphatic carbocycles. The Bertz CT molecular complexity index is 1380. The van der Waals surface area contributed by atoms with E-state index in [4.69, 9.17) is 4.98 Å². The maximum absolute atomic E-state index is 13.0. The summed E-state index contributed by atoms with van der Waals surface area (Å²) in [4.78, 5) is 22.2. The normalized spacial score (nSPS) is 15.7. The monoisotopic (exact) mass is 485 g/mol. The minimum absolute atomic E-state index is 0.114. The number of hydrogen-bond donors (Lipinski definition) is 2. The minimum atomic E-state index is -0.235. The topological polar surface area (TPSA) is 115 Å². The molecular formula is C26H31N9O. The predicted molar refractivity (Wildman–Crippen MR) is 137 cm³/mol. The molecule has 10 nitrogen and oxygen atoms in total. The van der Waals surface area contributed by atoms with Gasteiger partial charge in [0, 0.05) is 31.2 Å². The van der Waals surface area contributed by atoms with E-state index >= 15 is 0 Å². The van der Waals surface area contributed by atoms with Crippen molar-refractivity contribution in [3.8, 4) is 11.3 Å². The average Bonchev–Trinajstić information content (AvgIpc) is 3.46. The third-order valence-corrected chi connectivity index (χ3v) is 6.34. The molecule has 0 saturated heterocycles. The summed E-state index contributed by atoms with van der Waals surface area (Å²) in [5.41, 5.74) is 5.09. The quantitative estimate of drug-likeness (QED) is 0.408. The van der Waals surface area contributed by atoms with Crippen LogP contribution in [0.2, 0.25) is 0 Å². The first-order valence-electron chi connectivity index (χ1n) is 12.2. The largest absolute Gasteiger partial charge is 0.344 e. The van der Waals surface area contributed by atoms with Crippen LogP contribution in [0.4, 0.5) is 11.5 Å². The van der Waals surface area contributed by atoms with Gasteiger partial charge in [0.2, 0.25) is 0 Å². The lowest BCUT2D eigenvalue weighted by molar-refractivity contribution is 0.0929. The van der Waals surface area contributed by atoms with Gasteiger partial charge in [-0.1, -0.05) is 11.6 Å². The van der Waals surface area contributed by atoms with Crippen LogP contribution in [0.3, 0.4) is 0 Å². The Labute approximate surface area is 210 Å². The van der Waals surface area contributed by atoms with E-state index in [1.165, 1.54) is 5.56 Å². The number of hydrogen-bond acceptors (Lipinski definition) is 7. The number of carbonyl (C=O) groups is 1. The fraction of sp³-hybridized carbons (Fsp3) is 0.385. The van der Waals surface area contributed by atoms with Crippen LogP contribution < -0.4 is 10.6 Å². The van der Waals surface area contributed by atoms with Crippen molar-refractivity contribution in [1.82, 2.24) is 40.1 Å². The van der Waals surface area contributed by atoms with Gasteiger partial charge >= 0.3 is 0 Å². The number of amides is 1. The van der Waals surface area contributed by atoms with Crippen molar-refractivity contribution >= 4 is 17.4 Å². The Morgan fingerprint density at radius 1 is 1.11 bits per heavy atom. The summed E-state index contributed by atoms with van der Waals surface area (Å²) in [6, 6.07) is 5.96. The van der Waals surface area contributed by atoms with Crippen LogP contribution in [0.15, 0.2) is 49.2 Å². The van der Waals surface area contributed by atoms with Crippen molar-refractivity contribution in [2.45, 2.75) is 58.0 Å². The molecule has 186 valence electrons. The molecule has 0 saturated carbocycles. The number of fused-ring (bicyclic) bond motifs is 1. The maximum atomic E-state index is 13.0. The number of pyridine rings is 2. The molecule has 4 aromatic rings. The Kier molecular flexibility index (Phi) is 6.26. The molecule has 1 atom stereocenters. The zero-order valence-corrected chi connectivity index (χ0v) is 21.1. The number of rotatable bonds is 5. The van der Waals surface area contributed by atoms with E-state index in [2.05, 4.69) is 37.1 Å². The van der Waals surface area contributed by atoms with Gasteiger partial charge in [-0.2, -0.15) is 5.10 Å². The summed E-state index contributed by atoms with van der Waals surface area (Å²) >= 11 is 0. The lowest BCUT2D eigenvalue weighted by Crippen LogP contribution is -2.29. The highest BCUT2D eigenvalue weighted by molar-refractivity contribution is 5.92. The molecule has 4 heterocycles. The Morgan fingerprint density at radius 3 is 2.72 bits per heavy atom. The molecule has 36 heavy (non-hydrogen) atoms. The highest BCUT2D eigenvalue weighted by Gasteiger charge is 2.24. The highest BCUT2D eigenvalue weighted by atomic mass is 16.2. The second kappa shape index (κ2) is 9.52. The third-order valence-electron chi connectivity index (χ3n) is 6.34. The third kappa shape index (κ3) is 5.12. The smallest absolute Gasteiger partial charge is 0.273 e. The molecule has 1 aliphatic rings. The van der Waals surface area contributed by atoms with Crippen LogP contribution in [0.25, 0.3) is 11.3 Å². The molecule has 10 heteroatoms. The fourth-order valence-electron chi connectivity index (χ4n) is 4.38. The van der Waals surface area contributed by atoms with Crippen LogP contribution in [0.1, 0.15) is 67.7 Å². The van der Waals surface area contributed by atoms with Crippen molar-refractivity contribution in [3.05, 3.63) is 66.0 Å². The number of aromatic nitrogens is 7. The summed E-state index contributed by atoms with van der Waals surface area (Å²) in [5.74, 6) is 0.512. The van der Waals surface area contributed by atoms with Crippen molar-refractivity contribution in [2.75, 3.05) is 5.32 Å². The summed E-state index contributed by atoms with van der Waals surface area (Å²) in [5, 5.41) is 18.8. The second-order valence-corrected chi connectivity index (χ2v) is 10.2. The first-order chi connectivity index (χ1) is 17.3. The van der Waals surface area contributed by atoms with Gasteiger partial charge in [-0.3, -0.25) is 14.5 Å². The zero-order chi connectivity index (χ0) is 25.3. The van der Waals surface area contributed by atoms with Crippen LogP contribution >= 0.6 is 0 Å². The van der Waals surface area contributed by atoms with Crippen LogP contribution in [-0.2, 0) is 19.0 Å². The Morgan fingerprint density at radius 2 is 1.97 bits per heavy atom. The molecule has 4 aromatic heterocycles. The summed E-state index contributed by atoms with van der Waals surface area (Å²) in [6.07, 6.45) is 12.9. The van der Waals surface area contributed by atoms with E-state index < -0.39 is 0 Å². The van der Waals surface area contributed by atoms with Crippen molar-refractivity contribution < 1.29 is 4.79 Å². The SMILES string of the molecule is Cn1cc(Nc2cc(-c3cc4c(cn3)[C@H](NC(=O)c3cn(C(C)(C)C)nn3)CCCC4)ccn2)cn1. The van der Waals surface area contributed by atoms with E-state index in [9.17, 15) is 4.79 Å². The lowest BCUT2D eigenvalue weighted by Gasteiger charge is -2.19. The number of carbonyl (C=O) groups excluding carboxylic acids is 1. The van der Waals surface area contributed by atoms with E-state index in [1.54, 1.807) is 28.0 Å². The molecule has 1 amide bonds. The van der Waals surface area contributed by atoms with Gasteiger partial charge in [0.05, 0.1) is 35.4 Å². The van der Waals surface area contributed by atoms with Crippen molar-refractivity contribution in [3.63, 3.8) is 0 Å². The van der Waals surface area contributed by atoms with Crippen molar-refractivity contribution in [1.29, 1.82) is 0 Å². The van der Waals surface area contributed by atoms with Gasteiger partial charge in [0.1, 0.15) is 5.82 Å². The molecule has 0 aliphatic heterocycles. The first-order valence-corrected chi connectivity index (χ1v) is 12.2. The molecule has 5 rings (SSSR count). The number of nitrogens with zero attached hydrogens (tertiary/aromatic N) is 7. The van der Waals surface area contributed by atoms with Gasteiger partial charge in [0.15, 0.2) is 5.69 Å². The van der Waals surface area contributed by atoms with Gasteiger partial charge in [-0.05, 0) is 69.4 Å². The average molecular weight is 486 g/mol. The van der Waals surface area contributed by atoms with E-state index in [0.717, 1.165) is 54.0 Å². The molecule has 0 unspecified atom stereocenters. The molecule has 0 aromatic carbocycles. The van der Waals surface area contributed by atoms with Gasteiger partial charge in [-0.15, -0.1) is 5.10 Å². The maximum Gasteiger partial charge on any atom is 0.273 e. The van der Waals surface area contributed by atoms with Crippen LogP contribution in [0, 0.1) is 0 Å². The van der Waals surface area contributed by atoms with Gasteiger partial charge < -0.3 is 10.6 Å². The van der Waals surface area contributed by atoms with E-state index in [-0.39, 0.29) is 17.5 Å². The molecule has 0 fully saturated rings. The molecule has 0 spiro atoms. The second-order valence-electron chi connectivity index (χ2n) is 10.2. The molecule has 0 bridgehead atoms. The first kappa shape index (κ1) is 23.7. The fourth-order valence-corrected chi connectivity index (χ4v) is 4.38. The molecule has 2 N–H and O–H groups in total. The summed E-state index contributed by atoms with van der Waals surface area (Å²) in [7, 11) is 1.87. The minimum Gasteiger partial charge on any atom is -0.344 e. The number of aryl methyl sites for hydroxylation is 2. The lowest BCUT2D eigenvalue weighted by atomic mass is 9.99. The van der Waals surface area contributed by atoms with Gasteiger partial charge in [-0.25, -0.2) is 9.67 Å². The summed E-state index contributed by atoms with van der Waals surface area (Å²) in [6.45, 7) is 6.07. The van der Waals surface area contributed by atoms with E-state index in [0.29, 0.717) is 5.69 Å². The molecule has 0 radical (unpaired) electrons. The highest BCUT2D eigenvalue weighted by Crippen LogP contribution is 2.31. The van der Waals surface area contributed by atoms with Crippen LogP contribution in [0.5, 0.6) is 0 Å². The summed E-state index contributed by atoms with van der Waals surface area (Å²) < 4.78 is 3.45. The number of nitrogens with one attached hydrogen (secondary N) is 2.